The van der Waals surface area contributed by atoms with E-state index in [-0.39, 0.29) is 12.5 Å². The van der Waals surface area contributed by atoms with Gasteiger partial charge in [0.05, 0.1) is 6.10 Å². The maximum absolute atomic E-state index is 11.7. The minimum atomic E-state index is -0.857. The van der Waals surface area contributed by atoms with Gasteiger partial charge in [-0.15, -0.1) is 0 Å². The third kappa shape index (κ3) is 5.27. The van der Waals surface area contributed by atoms with E-state index < -0.39 is 5.97 Å². The number of carboxylic acid groups (broad SMARTS) is 1. The molecule has 0 unspecified atom stereocenters. The van der Waals surface area contributed by atoms with Gasteiger partial charge in [0, 0.05) is 25.1 Å². The molecule has 2 rings (SSSR count). The predicted molar refractivity (Wildman–Crippen MR) is 81.8 cm³/mol. The van der Waals surface area contributed by atoms with Crippen molar-refractivity contribution in [1.82, 2.24) is 10.6 Å². The summed E-state index contributed by atoms with van der Waals surface area (Å²) in [5.74, 6) is -0.0392. The topological polar surface area (TPSA) is 87.7 Å². The summed E-state index contributed by atoms with van der Waals surface area (Å²) < 4.78 is 5.90. The number of rotatable bonds is 8. The first kappa shape index (κ1) is 16.1. The van der Waals surface area contributed by atoms with Gasteiger partial charge in [0.25, 0.3) is 0 Å². The van der Waals surface area contributed by atoms with Crippen LogP contribution in [0.15, 0.2) is 24.3 Å². The maximum atomic E-state index is 11.7. The molecule has 0 saturated heterocycles. The zero-order chi connectivity index (χ0) is 15.8. The highest BCUT2D eigenvalue weighted by molar-refractivity contribution is 5.74. The van der Waals surface area contributed by atoms with Crippen LogP contribution in [0.3, 0.4) is 0 Å². The first-order valence-corrected chi connectivity index (χ1v) is 7.63. The number of hydrogen-bond donors (Lipinski definition) is 3. The summed E-state index contributed by atoms with van der Waals surface area (Å²) >= 11 is 0. The van der Waals surface area contributed by atoms with Crippen molar-refractivity contribution < 1.29 is 19.4 Å². The third-order valence-electron chi connectivity index (χ3n) is 3.61. The standard InChI is InChI=1S/C16H22N2O4/c19-15(20)9-4-10-17-16(21)18-11-12-5-1-2-8-14(12)22-13-6-3-7-13/h1-2,5,8,13H,3-4,6-7,9-11H2,(H,19,20)(H2,17,18,21). The summed E-state index contributed by atoms with van der Waals surface area (Å²) in [6.45, 7) is 0.728. The summed E-state index contributed by atoms with van der Waals surface area (Å²) in [5, 5.41) is 13.9. The lowest BCUT2D eigenvalue weighted by molar-refractivity contribution is -0.137. The van der Waals surface area contributed by atoms with Crippen molar-refractivity contribution in [1.29, 1.82) is 0 Å². The average Bonchev–Trinajstić information content (AvgIpc) is 2.46. The summed E-state index contributed by atoms with van der Waals surface area (Å²) in [7, 11) is 0. The van der Waals surface area contributed by atoms with E-state index in [0.717, 1.165) is 24.2 Å². The Hall–Kier alpha value is -2.24. The smallest absolute Gasteiger partial charge is 0.315 e. The van der Waals surface area contributed by atoms with E-state index in [1.165, 1.54) is 6.42 Å². The molecule has 2 amide bonds. The molecule has 6 heteroatoms. The average molecular weight is 306 g/mol. The zero-order valence-corrected chi connectivity index (χ0v) is 12.5. The second-order valence-corrected chi connectivity index (χ2v) is 5.39. The Morgan fingerprint density at radius 2 is 2.00 bits per heavy atom. The molecule has 1 aliphatic carbocycles. The molecular weight excluding hydrogens is 284 g/mol. The first-order valence-electron chi connectivity index (χ1n) is 7.63. The summed E-state index contributed by atoms with van der Waals surface area (Å²) in [6.07, 6.45) is 4.16. The van der Waals surface area contributed by atoms with E-state index in [1.807, 2.05) is 24.3 Å². The van der Waals surface area contributed by atoms with Crippen LogP contribution in [0.2, 0.25) is 0 Å². The molecule has 1 aromatic rings. The number of urea groups is 1. The predicted octanol–water partition coefficient (Wildman–Crippen LogP) is 2.28. The fourth-order valence-electron chi connectivity index (χ4n) is 2.11. The normalized spacial score (nSPS) is 14.0. The van der Waals surface area contributed by atoms with Crippen LogP contribution in [0.25, 0.3) is 0 Å². The molecule has 0 spiro atoms. The Morgan fingerprint density at radius 3 is 2.68 bits per heavy atom. The molecule has 0 aliphatic heterocycles. The Morgan fingerprint density at radius 1 is 1.23 bits per heavy atom. The van der Waals surface area contributed by atoms with Crippen molar-refractivity contribution in [2.45, 2.75) is 44.8 Å². The zero-order valence-electron chi connectivity index (χ0n) is 12.5. The molecule has 0 heterocycles. The van der Waals surface area contributed by atoms with E-state index >= 15 is 0 Å². The Labute approximate surface area is 129 Å². The lowest BCUT2D eigenvalue weighted by Crippen LogP contribution is -2.36. The van der Waals surface area contributed by atoms with Crippen LogP contribution < -0.4 is 15.4 Å². The van der Waals surface area contributed by atoms with E-state index in [4.69, 9.17) is 9.84 Å². The lowest BCUT2D eigenvalue weighted by Gasteiger charge is -2.27. The molecule has 1 aromatic carbocycles. The highest BCUT2D eigenvalue weighted by Crippen LogP contribution is 2.27. The van der Waals surface area contributed by atoms with Gasteiger partial charge >= 0.3 is 12.0 Å². The number of benzene rings is 1. The number of hydrogen-bond acceptors (Lipinski definition) is 3. The molecule has 0 radical (unpaired) electrons. The number of para-hydroxylation sites is 1. The van der Waals surface area contributed by atoms with Crippen LogP contribution in [-0.4, -0.2) is 29.8 Å². The van der Waals surface area contributed by atoms with Gasteiger partial charge in [-0.3, -0.25) is 4.79 Å². The van der Waals surface area contributed by atoms with Gasteiger partial charge in [0.15, 0.2) is 0 Å². The molecule has 1 aliphatic rings. The number of aliphatic carboxylic acids is 1. The molecule has 120 valence electrons. The van der Waals surface area contributed by atoms with Gasteiger partial charge in [-0.1, -0.05) is 18.2 Å². The van der Waals surface area contributed by atoms with E-state index in [9.17, 15) is 9.59 Å². The van der Waals surface area contributed by atoms with Crippen LogP contribution in [0.5, 0.6) is 5.75 Å². The Balaban J connectivity index is 1.73. The third-order valence-corrected chi connectivity index (χ3v) is 3.61. The lowest BCUT2D eigenvalue weighted by atomic mass is 9.96. The van der Waals surface area contributed by atoms with E-state index in [1.54, 1.807) is 0 Å². The highest BCUT2D eigenvalue weighted by Gasteiger charge is 2.20. The van der Waals surface area contributed by atoms with Crippen LogP contribution in [0.4, 0.5) is 4.79 Å². The quantitative estimate of drug-likeness (QED) is 0.643. The van der Waals surface area contributed by atoms with Crippen molar-refractivity contribution in [2.24, 2.45) is 0 Å². The second kappa shape index (κ2) is 8.26. The van der Waals surface area contributed by atoms with Crippen LogP contribution in [0.1, 0.15) is 37.7 Å². The maximum Gasteiger partial charge on any atom is 0.315 e. The Kier molecular flexibility index (Phi) is 6.06. The van der Waals surface area contributed by atoms with Gasteiger partial charge < -0.3 is 20.5 Å². The van der Waals surface area contributed by atoms with E-state index in [2.05, 4.69) is 10.6 Å². The van der Waals surface area contributed by atoms with Gasteiger partial charge in [0.2, 0.25) is 0 Å². The molecule has 0 bridgehead atoms. The van der Waals surface area contributed by atoms with Crippen molar-refractivity contribution in [3.8, 4) is 5.75 Å². The molecule has 0 aromatic heterocycles. The highest BCUT2D eigenvalue weighted by atomic mass is 16.5. The minimum absolute atomic E-state index is 0.0539. The van der Waals surface area contributed by atoms with Crippen LogP contribution in [-0.2, 0) is 11.3 Å². The number of carbonyl (C=O) groups is 2. The Bertz CT molecular complexity index is 515. The molecular formula is C16H22N2O4. The van der Waals surface area contributed by atoms with Crippen molar-refractivity contribution in [3.05, 3.63) is 29.8 Å². The van der Waals surface area contributed by atoms with E-state index in [0.29, 0.717) is 25.6 Å². The molecule has 3 N–H and O–H groups in total. The van der Waals surface area contributed by atoms with Gasteiger partial charge in [-0.25, -0.2) is 4.79 Å². The largest absolute Gasteiger partial charge is 0.490 e. The molecule has 6 nitrogen and oxygen atoms in total. The number of carbonyl (C=O) groups excluding carboxylic acids is 1. The van der Waals surface area contributed by atoms with Crippen molar-refractivity contribution in [3.63, 3.8) is 0 Å². The second-order valence-electron chi connectivity index (χ2n) is 5.39. The summed E-state index contributed by atoms with van der Waals surface area (Å²) in [5.41, 5.74) is 0.940. The molecule has 1 fully saturated rings. The van der Waals surface area contributed by atoms with Crippen LogP contribution in [0, 0.1) is 0 Å². The van der Waals surface area contributed by atoms with Crippen molar-refractivity contribution in [2.75, 3.05) is 6.54 Å². The monoisotopic (exact) mass is 306 g/mol. The summed E-state index contributed by atoms with van der Waals surface area (Å²) in [6, 6.07) is 7.38. The van der Waals surface area contributed by atoms with Crippen LogP contribution >= 0.6 is 0 Å². The number of amides is 2. The number of nitrogens with one attached hydrogen (secondary N) is 2. The molecule has 22 heavy (non-hydrogen) atoms. The van der Waals surface area contributed by atoms with Gasteiger partial charge in [0.1, 0.15) is 5.75 Å². The molecule has 0 atom stereocenters. The van der Waals surface area contributed by atoms with Gasteiger partial charge in [-0.2, -0.15) is 0 Å². The fraction of sp³-hybridized carbons (Fsp3) is 0.500. The van der Waals surface area contributed by atoms with Crippen molar-refractivity contribution >= 4 is 12.0 Å². The number of carboxylic acids is 1. The minimum Gasteiger partial charge on any atom is -0.490 e. The SMILES string of the molecule is O=C(O)CCCNC(=O)NCc1ccccc1OC1CCC1. The van der Waals surface area contributed by atoms with Gasteiger partial charge in [-0.05, 0) is 31.7 Å². The summed E-state index contributed by atoms with van der Waals surface area (Å²) in [4.78, 5) is 22.0. The first-order chi connectivity index (χ1) is 10.6. The number of ether oxygens (including phenoxy) is 1. The fourth-order valence-corrected chi connectivity index (χ4v) is 2.11. The molecule has 1 saturated carbocycles.